The number of hydrogen-bond acceptors (Lipinski definition) is 2. The van der Waals surface area contributed by atoms with Gasteiger partial charge in [0.25, 0.3) is 0 Å². The van der Waals surface area contributed by atoms with E-state index in [2.05, 4.69) is 5.32 Å². The van der Waals surface area contributed by atoms with Crippen LogP contribution in [0.1, 0.15) is 15.9 Å². The first-order valence-electron chi connectivity index (χ1n) is 5.64. The van der Waals surface area contributed by atoms with Crippen molar-refractivity contribution >= 4 is 23.2 Å². The van der Waals surface area contributed by atoms with Crippen LogP contribution in [0.5, 0.6) is 0 Å². The van der Waals surface area contributed by atoms with Crippen LogP contribution in [0, 0.1) is 5.82 Å². The highest BCUT2D eigenvalue weighted by Crippen LogP contribution is 2.20. The number of rotatable bonds is 4. The lowest BCUT2D eigenvalue weighted by molar-refractivity contribution is 0.1000. The molecule has 0 atom stereocenters. The summed E-state index contributed by atoms with van der Waals surface area (Å²) in [6.45, 7) is 0.489. The summed E-state index contributed by atoms with van der Waals surface area (Å²) >= 11 is 5.69. The molecule has 1 amide bonds. The summed E-state index contributed by atoms with van der Waals surface area (Å²) in [5.74, 6) is -0.922. The van der Waals surface area contributed by atoms with E-state index < -0.39 is 11.7 Å². The van der Waals surface area contributed by atoms with Crippen LogP contribution < -0.4 is 11.1 Å². The van der Waals surface area contributed by atoms with Crippen LogP contribution >= 0.6 is 11.6 Å². The number of halogens is 2. The molecule has 0 fully saturated rings. The molecule has 0 bridgehead atoms. The number of primary amides is 1. The van der Waals surface area contributed by atoms with Gasteiger partial charge in [0.05, 0.1) is 5.02 Å². The first-order valence-corrected chi connectivity index (χ1v) is 6.02. The van der Waals surface area contributed by atoms with Crippen molar-refractivity contribution in [1.29, 1.82) is 0 Å². The zero-order valence-corrected chi connectivity index (χ0v) is 10.7. The summed E-state index contributed by atoms with van der Waals surface area (Å²) in [4.78, 5) is 11.1. The van der Waals surface area contributed by atoms with E-state index in [1.807, 2.05) is 6.07 Å². The number of carbonyl (C=O) groups excluding carboxylic acids is 1. The average molecular weight is 279 g/mol. The minimum atomic E-state index is -0.466. The molecule has 3 N–H and O–H groups in total. The Morgan fingerprint density at radius 2 is 2.05 bits per heavy atom. The van der Waals surface area contributed by atoms with E-state index in [0.717, 1.165) is 5.56 Å². The van der Waals surface area contributed by atoms with Crippen molar-refractivity contribution in [2.75, 3.05) is 5.32 Å². The summed E-state index contributed by atoms with van der Waals surface area (Å²) in [5, 5.41) is 3.16. The van der Waals surface area contributed by atoms with Gasteiger partial charge in [-0.1, -0.05) is 23.7 Å². The van der Waals surface area contributed by atoms with Crippen molar-refractivity contribution in [2.24, 2.45) is 5.73 Å². The topological polar surface area (TPSA) is 55.1 Å². The van der Waals surface area contributed by atoms with E-state index in [4.69, 9.17) is 17.3 Å². The van der Waals surface area contributed by atoms with Gasteiger partial charge >= 0.3 is 0 Å². The van der Waals surface area contributed by atoms with Gasteiger partial charge < -0.3 is 11.1 Å². The molecule has 0 saturated heterocycles. The molecule has 0 aliphatic rings. The van der Waals surface area contributed by atoms with Crippen LogP contribution in [0.25, 0.3) is 0 Å². The third kappa shape index (κ3) is 3.45. The second-order valence-corrected chi connectivity index (χ2v) is 4.45. The summed E-state index contributed by atoms with van der Waals surface area (Å²) in [6.07, 6.45) is 0. The van der Waals surface area contributed by atoms with Crippen LogP contribution in [0.2, 0.25) is 5.02 Å². The molecule has 3 nitrogen and oxygen atoms in total. The summed E-state index contributed by atoms with van der Waals surface area (Å²) in [7, 11) is 0. The third-order valence-electron chi connectivity index (χ3n) is 2.63. The lowest BCUT2D eigenvalue weighted by atomic mass is 10.1. The van der Waals surface area contributed by atoms with Gasteiger partial charge in [-0.05, 0) is 35.9 Å². The van der Waals surface area contributed by atoms with Gasteiger partial charge in [0.15, 0.2) is 0 Å². The quantitative estimate of drug-likeness (QED) is 0.902. The molecule has 0 aromatic heterocycles. The van der Waals surface area contributed by atoms with Gasteiger partial charge in [0.1, 0.15) is 5.82 Å². The molecule has 0 aliphatic carbocycles. The van der Waals surface area contributed by atoms with Crippen molar-refractivity contribution in [3.05, 3.63) is 64.4 Å². The van der Waals surface area contributed by atoms with Crippen LogP contribution in [-0.2, 0) is 6.54 Å². The van der Waals surface area contributed by atoms with Crippen molar-refractivity contribution < 1.29 is 9.18 Å². The van der Waals surface area contributed by atoms with Gasteiger partial charge in [-0.15, -0.1) is 0 Å². The van der Waals surface area contributed by atoms with Crippen LogP contribution in [0.4, 0.5) is 10.1 Å². The summed E-state index contributed by atoms with van der Waals surface area (Å²) in [6, 6.07) is 11.4. The van der Waals surface area contributed by atoms with E-state index in [1.165, 1.54) is 12.1 Å². The van der Waals surface area contributed by atoms with Crippen molar-refractivity contribution in [3.8, 4) is 0 Å². The van der Waals surface area contributed by atoms with Gasteiger partial charge in [-0.3, -0.25) is 4.79 Å². The highest BCUT2D eigenvalue weighted by atomic mass is 35.5. The molecule has 0 spiro atoms. The fraction of sp³-hybridized carbons (Fsp3) is 0.0714. The maximum atomic E-state index is 13.0. The lowest BCUT2D eigenvalue weighted by Gasteiger charge is -2.08. The molecule has 0 unspecified atom stereocenters. The molecule has 0 radical (unpaired) electrons. The van der Waals surface area contributed by atoms with Gasteiger partial charge in [-0.25, -0.2) is 4.39 Å². The van der Waals surface area contributed by atoms with Gasteiger partial charge in [-0.2, -0.15) is 0 Å². The van der Waals surface area contributed by atoms with E-state index in [1.54, 1.807) is 24.3 Å². The van der Waals surface area contributed by atoms with Crippen molar-refractivity contribution in [3.63, 3.8) is 0 Å². The van der Waals surface area contributed by atoms with E-state index in [0.29, 0.717) is 17.8 Å². The summed E-state index contributed by atoms with van der Waals surface area (Å²) in [5.41, 5.74) is 7.27. The predicted octanol–water partition coefficient (Wildman–Crippen LogP) is 3.19. The fourth-order valence-corrected chi connectivity index (χ4v) is 1.83. The molecule has 0 aliphatic heterocycles. The second-order valence-electron chi connectivity index (χ2n) is 4.05. The minimum absolute atomic E-state index is 0.0656. The molecule has 19 heavy (non-hydrogen) atoms. The van der Waals surface area contributed by atoms with Crippen molar-refractivity contribution in [2.45, 2.75) is 6.54 Å². The maximum Gasteiger partial charge on any atom is 0.248 e. The first kappa shape index (κ1) is 13.4. The van der Waals surface area contributed by atoms with E-state index in [9.17, 15) is 9.18 Å². The highest BCUT2D eigenvalue weighted by Gasteiger charge is 2.03. The van der Waals surface area contributed by atoms with E-state index in [-0.39, 0.29) is 5.02 Å². The number of hydrogen-bond donors (Lipinski definition) is 2. The van der Waals surface area contributed by atoms with Crippen LogP contribution in [0.3, 0.4) is 0 Å². The minimum Gasteiger partial charge on any atom is -0.381 e. The zero-order valence-electron chi connectivity index (χ0n) is 9.99. The number of nitrogens with one attached hydrogen (secondary N) is 1. The first-order chi connectivity index (χ1) is 9.06. The number of amides is 1. The van der Waals surface area contributed by atoms with E-state index >= 15 is 0 Å². The normalized spacial score (nSPS) is 10.2. The Morgan fingerprint density at radius 3 is 2.74 bits per heavy atom. The number of benzene rings is 2. The Bertz CT molecular complexity index is 616. The van der Waals surface area contributed by atoms with Crippen molar-refractivity contribution in [1.82, 2.24) is 0 Å². The number of nitrogens with two attached hydrogens (primary N) is 1. The van der Waals surface area contributed by atoms with Crippen LogP contribution in [0.15, 0.2) is 42.5 Å². The monoisotopic (exact) mass is 278 g/mol. The highest BCUT2D eigenvalue weighted by molar-refractivity contribution is 6.31. The van der Waals surface area contributed by atoms with Gasteiger partial charge in [0, 0.05) is 17.8 Å². The second kappa shape index (κ2) is 5.71. The van der Waals surface area contributed by atoms with Crippen LogP contribution in [-0.4, -0.2) is 5.91 Å². The third-order valence-corrected chi connectivity index (χ3v) is 2.92. The Labute approximate surface area is 115 Å². The number of anilines is 1. The molecule has 0 heterocycles. The molecule has 5 heteroatoms. The fourth-order valence-electron chi connectivity index (χ4n) is 1.64. The SMILES string of the molecule is NC(=O)c1cccc(CNc2ccc(F)c(Cl)c2)c1. The molecular weight excluding hydrogens is 267 g/mol. The molecule has 2 aromatic carbocycles. The molecule has 2 rings (SSSR count). The molecule has 2 aromatic rings. The molecular formula is C14H12ClFN2O. The smallest absolute Gasteiger partial charge is 0.248 e. The molecule has 98 valence electrons. The Kier molecular flexibility index (Phi) is 4.02. The average Bonchev–Trinajstić information content (AvgIpc) is 2.40. The molecule has 0 saturated carbocycles. The predicted molar refractivity (Wildman–Crippen MR) is 73.7 cm³/mol. The number of carbonyl (C=O) groups is 1. The van der Waals surface area contributed by atoms with Gasteiger partial charge in [0.2, 0.25) is 5.91 Å². The zero-order chi connectivity index (χ0) is 13.8. The summed E-state index contributed by atoms with van der Waals surface area (Å²) < 4.78 is 13.0. The Hall–Kier alpha value is -2.07. The largest absolute Gasteiger partial charge is 0.381 e. The Balaban J connectivity index is 2.07. The lowest BCUT2D eigenvalue weighted by Crippen LogP contribution is -2.11. The maximum absolute atomic E-state index is 13.0. The standard InChI is InChI=1S/C14H12ClFN2O/c15-12-7-11(4-5-13(12)16)18-8-9-2-1-3-10(6-9)14(17)19/h1-7,18H,8H2,(H2,17,19). The Morgan fingerprint density at radius 1 is 1.26 bits per heavy atom.